The lowest BCUT2D eigenvalue weighted by Gasteiger charge is -2.29. The van der Waals surface area contributed by atoms with Crippen LogP contribution in [-0.2, 0) is 16.4 Å². The molecule has 1 amide bonds. The molecule has 10 heteroatoms. The van der Waals surface area contributed by atoms with E-state index < -0.39 is 21.8 Å². The van der Waals surface area contributed by atoms with Crippen molar-refractivity contribution in [2.24, 2.45) is 0 Å². The summed E-state index contributed by atoms with van der Waals surface area (Å²) < 4.78 is 29.5. The Bertz CT molecular complexity index is 1050. The van der Waals surface area contributed by atoms with Crippen molar-refractivity contribution < 1.29 is 17.9 Å². The molecule has 30 heavy (non-hydrogen) atoms. The molecule has 1 unspecified atom stereocenters. The van der Waals surface area contributed by atoms with E-state index in [9.17, 15) is 13.2 Å². The predicted molar refractivity (Wildman–Crippen MR) is 121 cm³/mol. The van der Waals surface area contributed by atoms with E-state index in [4.69, 9.17) is 51.1 Å². The molecule has 1 aliphatic heterocycles. The first kappa shape index (κ1) is 23.5. The van der Waals surface area contributed by atoms with Crippen molar-refractivity contribution in [3.63, 3.8) is 0 Å². The fourth-order valence-electron chi connectivity index (χ4n) is 3.35. The number of hydrogen-bond donors (Lipinski definition) is 0. The van der Waals surface area contributed by atoms with Crippen LogP contribution in [0.5, 0.6) is 5.75 Å². The van der Waals surface area contributed by atoms with E-state index in [1.165, 1.54) is 17.0 Å². The van der Waals surface area contributed by atoms with Crippen LogP contribution in [-0.4, -0.2) is 43.4 Å². The van der Waals surface area contributed by atoms with Crippen LogP contribution in [0.3, 0.4) is 0 Å². The molecule has 2 aromatic carbocycles. The second-order valence-electron chi connectivity index (χ2n) is 6.93. The van der Waals surface area contributed by atoms with Crippen LogP contribution in [0.25, 0.3) is 0 Å². The van der Waals surface area contributed by atoms with E-state index >= 15 is 0 Å². The number of carbonyl (C=O) groups is 1. The van der Waals surface area contributed by atoms with E-state index in [0.29, 0.717) is 34.4 Å². The van der Waals surface area contributed by atoms with Crippen molar-refractivity contribution in [1.29, 1.82) is 0 Å². The number of hydrogen-bond acceptors (Lipinski definition) is 4. The number of sulfone groups is 1. The molecule has 0 aliphatic carbocycles. The zero-order chi connectivity index (χ0) is 22.1. The number of benzene rings is 2. The molecule has 1 aliphatic rings. The molecule has 5 nitrogen and oxygen atoms in total. The van der Waals surface area contributed by atoms with Gasteiger partial charge in [0.25, 0.3) is 5.91 Å². The van der Waals surface area contributed by atoms with Gasteiger partial charge in [-0.25, -0.2) is 8.42 Å². The molecule has 1 heterocycles. The Kier molecular flexibility index (Phi) is 7.46. The maximum atomic E-state index is 13.4. The summed E-state index contributed by atoms with van der Waals surface area (Å²) in [5, 5.41) is 1.27. The van der Waals surface area contributed by atoms with Crippen molar-refractivity contribution in [2.45, 2.75) is 25.9 Å². The fraction of sp³-hybridized carbons (Fsp3) is 0.350. The largest absolute Gasteiger partial charge is 0.491 e. The summed E-state index contributed by atoms with van der Waals surface area (Å²) in [5.41, 5.74) is 0.893. The lowest BCUT2D eigenvalue weighted by Crippen LogP contribution is -2.40. The normalized spacial score (nSPS) is 17.7. The molecule has 1 saturated heterocycles. The van der Waals surface area contributed by atoms with Crippen molar-refractivity contribution >= 4 is 62.1 Å². The van der Waals surface area contributed by atoms with Gasteiger partial charge in [-0.05, 0) is 43.2 Å². The van der Waals surface area contributed by atoms with Crippen LogP contribution >= 0.6 is 46.4 Å². The van der Waals surface area contributed by atoms with E-state index in [0.717, 1.165) is 0 Å². The van der Waals surface area contributed by atoms with Gasteiger partial charge in [-0.15, -0.1) is 0 Å². The summed E-state index contributed by atoms with van der Waals surface area (Å²) in [6.07, 6.45) is 0.345. The number of ether oxygens (including phenoxy) is 1. The second kappa shape index (κ2) is 9.53. The smallest absolute Gasteiger partial charge is 0.254 e. The molecule has 0 radical (unpaired) electrons. The van der Waals surface area contributed by atoms with E-state index in [1.807, 2.05) is 0 Å². The third-order valence-corrected chi connectivity index (χ3v) is 7.70. The average Bonchev–Trinajstić information content (AvgIpc) is 3.03. The Hall–Kier alpha value is -1.18. The van der Waals surface area contributed by atoms with Gasteiger partial charge in [0.15, 0.2) is 15.6 Å². The zero-order valence-electron chi connectivity index (χ0n) is 16.0. The Morgan fingerprint density at radius 2 is 1.77 bits per heavy atom. The molecule has 0 aromatic heterocycles. The van der Waals surface area contributed by atoms with Crippen LogP contribution in [0.4, 0.5) is 0 Å². The molecular weight excluding hydrogens is 492 g/mol. The first-order valence-corrected chi connectivity index (χ1v) is 12.5. The summed E-state index contributed by atoms with van der Waals surface area (Å²) >= 11 is 24.8. The van der Waals surface area contributed by atoms with E-state index in [2.05, 4.69) is 0 Å². The molecule has 0 N–H and O–H groups in total. The first-order valence-electron chi connectivity index (χ1n) is 9.18. The monoisotopic (exact) mass is 509 g/mol. The van der Waals surface area contributed by atoms with Gasteiger partial charge in [0.05, 0.1) is 28.2 Å². The molecule has 3 rings (SSSR count). The standard InChI is InChI=1S/C20H19Cl4NO4S/c1-2-29-19-17(23)7-13(8-18(19)24)20(26)25(15-5-6-30(27,28)11-15)10-12-3-4-14(21)9-16(12)22/h3-4,7-9,15H,2,5-6,10-11H2,1H3. The molecule has 0 bridgehead atoms. The number of halogens is 4. The van der Waals surface area contributed by atoms with Crippen molar-refractivity contribution in [3.8, 4) is 5.75 Å². The summed E-state index contributed by atoms with van der Waals surface area (Å²) in [6.45, 7) is 2.29. The van der Waals surface area contributed by atoms with E-state index in [1.54, 1.807) is 25.1 Å². The van der Waals surface area contributed by atoms with Gasteiger partial charge < -0.3 is 9.64 Å². The van der Waals surface area contributed by atoms with Gasteiger partial charge >= 0.3 is 0 Å². The third-order valence-electron chi connectivity index (χ3n) is 4.80. The molecular formula is C20H19Cl4NO4S. The quantitative estimate of drug-likeness (QED) is 0.512. The maximum Gasteiger partial charge on any atom is 0.254 e. The van der Waals surface area contributed by atoms with Crippen molar-refractivity contribution in [2.75, 3.05) is 18.1 Å². The molecule has 1 atom stereocenters. The lowest BCUT2D eigenvalue weighted by molar-refractivity contribution is 0.0681. The highest BCUT2D eigenvalue weighted by Gasteiger charge is 2.35. The summed E-state index contributed by atoms with van der Waals surface area (Å²) in [5.74, 6) is -0.175. The number of carbonyl (C=O) groups excluding carboxylic acids is 1. The minimum Gasteiger partial charge on any atom is -0.491 e. The average molecular weight is 511 g/mol. The predicted octanol–water partition coefficient (Wildman–Crippen LogP) is 5.53. The third kappa shape index (κ3) is 5.35. The first-order chi connectivity index (χ1) is 14.1. The minimum atomic E-state index is -3.22. The Morgan fingerprint density at radius 1 is 1.10 bits per heavy atom. The summed E-state index contributed by atoms with van der Waals surface area (Å²) in [4.78, 5) is 14.9. The number of nitrogens with zero attached hydrogens (tertiary/aromatic N) is 1. The topological polar surface area (TPSA) is 63.7 Å². The highest BCUT2D eigenvalue weighted by molar-refractivity contribution is 7.91. The second-order valence-corrected chi connectivity index (χ2v) is 10.8. The van der Waals surface area contributed by atoms with Gasteiger partial charge in [0.1, 0.15) is 0 Å². The number of amides is 1. The summed E-state index contributed by atoms with van der Waals surface area (Å²) in [7, 11) is -3.22. The van der Waals surface area contributed by atoms with Crippen LogP contribution in [0.15, 0.2) is 30.3 Å². The molecule has 0 saturated carbocycles. The maximum absolute atomic E-state index is 13.4. The number of rotatable bonds is 6. The Balaban J connectivity index is 1.98. The SMILES string of the molecule is CCOc1c(Cl)cc(C(=O)N(Cc2ccc(Cl)cc2Cl)C2CCS(=O)(=O)C2)cc1Cl. The Labute approximate surface area is 195 Å². The highest BCUT2D eigenvalue weighted by Crippen LogP contribution is 2.35. The van der Waals surface area contributed by atoms with Gasteiger partial charge in [-0.1, -0.05) is 52.5 Å². The Morgan fingerprint density at radius 3 is 2.30 bits per heavy atom. The van der Waals surface area contributed by atoms with Gasteiger partial charge in [0.2, 0.25) is 0 Å². The van der Waals surface area contributed by atoms with Gasteiger partial charge in [0, 0.05) is 28.2 Å². The summed E-state index contributed by atoms with van der Waals surface area (Å²) in [6, 6.07) is 7.42. The van der Waals surface area contributed by atoms with Gasteiger partial charge in [-0.2, -0.15) is 0 Å². The lowest BCUT2D eigenvalue weighted by atomic mass is 10.1. The minimum absolute atomic E-state index is 0.0284. The van der Waals surface area contributed by atoms with Crippen molar-refractivity contribution in [1.82, 2.24) is 4.90 Å². The molecule has 1 fully saturated rings. The molecule has 0 spiro atoms. The molecule has 162 valence electrons. The van der Waals surface area contributed by atoms with Gasteiger partial charge in [-0.3, -0.25) is 4.79 Å². The van der Waals surface area contributed by atoms with Crippen LogP contribution in [0, 0.1) is 0 Å². The van der Waals surface area contributed by atoms with Crippen molar-refractivity contribution in [3.05, 3.63) is 61.5 Å². The fourth-order valence-corrected chi connectivity index (χ4v) is 6.15. The van der Waals surface area contributed by atoms with Crippen LogP contribution < -0.4 is 4.74 Å². The van der Waals surface area contributed by atoms with Crippen LogP contribution in [0.2, 0.25) is 20.1 Å². The highest BCUT2D eigenvalue weighted by atomic mass is 35.5. The molecule has 2 aromatic rings. The van der Waals surface area contributed by atoms with Crippen LogP contribution in [0.1, 0.15) is 29.3 Å². The zero-order valence-corrected chi connectivity index (χ0v) is 19.8. The van der Waals surface area contributed by atoms with E-state index in [-0.39, 0.29) is 33.7 Å².